The van der Waals surface area contributed by atoms with Crippen LogP contribution in [0, 0.1) is 4.77 Å². The van der Waals surface area contributed by atoms with Gasteiger partial charge in [0, 0.05) is 6.42 Å². The van der Waals surface area contributed by atoms with Crippen molar-refractivity contribution in [1.29, 1.82) is 0 Å². The first kappa shape index (κ1) is 20.2. The lowest BCUT2D eigenvalue weighted by molar-refractivity contribution is -0.943. The van der Waals surface area contributed by atoms with E-state index in [1.807, 2.05) is 12.1 Å². The van der Waals surface area contributed by atoms with Crippen LogP contribution in [0.4, 0.5) is 0 Å². The molecule has 27 heavy (non-hydrogen) atoms. The van der Waals surface area contributed by atoms with Crippen molar-refractivity contribution in [2.75, 3.05) is 18.1 Å². The number of benzene rings is 1. The first-order valence-electron chi connectivity index (χ1n) is 9.60. The Labute approximate surface area is 165 Å². The van der Waals surface area contributed by atoms with Crippen molar-refractivity contribution >= 4 is 22.1 Å². The molecule has 1 fully saturated rings. The van der Waals surface area contributed by atoms with Crippen LogP contribution in [-0.4, -0.2) is 52.3 Å². The zero-order chi connectivity index (χ0) is 19.4. The highest BCUT2D eigenvalue weighted by Gasteiger charge is 2.35. The molecule has 3 rings (SSSR count). The number of sulfone groups is 1. The molecule has 0 bridgehead atoms. The van der Waals surface area contributed by atoms with Crippen LogP contribution in [0.2, 0.25) is 0 Å². The van der Waals surface area contributed by atoms with Gasteiger partial charge in [-0.25, -0.2) is 8.42 Å². The lowest BCUT2D eigenvalue weighted by atomic mass is 10.1. The molecule has 9 heteroatoms. The van der Waals surface area contributed by atoms with E-state index in [-0.39, 0.29) is 17.5 Å². The van der Waals surface area contributed by atoms with Crippen LogP contribution in [0.25, 0.3) is 5.69 Å². The number of hydrogen-bond donors (Lipinski definition) is 1. The molecule has 1 saturated heterocycles. The number of nitrogens with zero attached hydrogens (tertiary/aromatic N) is 4. The minimum atomic E-state index is -2.90. The van der Waals surface area contributed by atoms with E-state index in [0.29, 0.717) is 17.9 Å². The number of aromatic nitrogens is 4. The van der Waals surface area contributed by atoms with Gasteiger partial charge < -0.3 is 4.90 Å². The molecule has 0 aliphatic carbocycles. The summed E-state index contributed by atoms with van der Waals surface area (Å²) in [4.78, 5) is 1.18. The quantitative estimate of drug-likeness (QED) is 0.662. The largest absolute Gasteiger partial charge is 0.313 e. The van der Waals surface area contributed by atoms with Crippen LogP contribution < -0.4 is 4.90 Å². The Morgan fingerprint density at radius 1 is 1.22 bits per heavy atom. The zero-order valence-electron chi connectivity index (χ0n) is 16.0. The molecule has 1 aromatic heterocycles. The lowest BCUT2D eigenvalue weighted by Gasteiger charge is -2.22. The minimum Gasteiger partial charge on any atom is -0.313 e. The topological polar surface area (TPSA) is 74.2 Å². The molecule has 1 aliphatic heterocycles. The molecular weight excluding hydrogens is 382 g/mol. The number of quaternary nitrogens is 1. The van der Waals surface area contributed by atoms with Crippen molar-refractivity contribution in [3.8, 4) is 5.69 Å². The first-order chi connectivity index (χ1) is 12.9. The van der Waals surface area contributed by atoms with Crippen molar-refractivity contribution < 1.29 is 13.3 Å². The second-order valence-corrected chi connectivity index (χ2v) is 9.81. The molecule has 0 radical (unpaired) electrons. The molecular formula is C18H28N5O2S2+. The highest BCUT2D eigenvalue weighted by molar-refractivity contribution is 7.91. The lowest BCUT2D eigenvalue weighted by Crippen LogP contribution is -3.15. The summed E-state index contributed by atoms with van der Waals surface area (Å²) in [6.07, 6.45) is 4.14. The Morgan fingerprint density at radius 2 is 1.96 bits per heavy atom. The number of nitrogens with one attached hydrogen (secondary N) is 1. The summed E-state index contributed by atoms with van der Waals surface area (Å²) in [7, 11) is -2.90. The molecule has 1 aliphatic rings. The van der Waals surface area contributed by atoms with Gasteiger partial charge >= 0.3 is 0 Å². The Kier molecular flexibility index (Phi) is 6.44. The Balaban J connectivity index is 1.74. The summed E-state index contributed by atoms with van der Waals surface area (Å²) >= 11 is 5.57. The van der Waals surface area contributed by atoms with Crippen LogP contribution in [0.5, 0.6) is 0 Å². The van der Waals surface area contributed by atoms with Crippen molar-refractivity contribution in [3.05, 3.63) is 34.6 Å². The molecule has 2 atom stereocenters. The van der Waals surface area contributed by atoms with Crippen LogP contribution in [0.3, 0.4) is 0 Å². The predicted octanol–water partition coefficient (Wildman–Crippen LogP) is 1.19. The summed E-state index contributed by atoms with van der Waals surface area (Å²) in [5, 5.41) is 8.43. The van der Waals surface area contributed by atoms with Gasteiger partial charge in [-0.3, -0.25) is 0 Å². The summed E-state index contributed by atoms with van der Waals surface area (Å²) in [5.41, 5.74) is 2.21. The molecule has 0 spiro atoms. The highest BCUT2D eigenvalue weighted by Crippen LogP contribution is 2.12. The molecule has 0 amide bonds. The maximum Gasteiger partial charge on any atom is 0.225 e. The molecule has 1 unspecified atom stereocenters. The third-order valence-electron chi connectivity index (χ3n) is 5.26. The number of hydrogen-bond acceptors (Lipinski definition) is 5. The molecule has 1 aromatic carbocycles. The van der Waals surface area contributed by atoms with E-state index in [1.54, 1.807) is 9.36 Å². The van der Waals surface area contributed by atoms with E-state index in [0.717, 1.165) is 18.7 Å². The average Bonchev–Trinajstić information content (AvgIpc) is 3.20. The van der Waals surface area contributed by atoms with Gasteiger partial charge in [0.05, 0.1) is 18.0 Å². The standard InChI is InChI=1S/C18H27N5O2S2/c1-3-5-6-15-7-9-16(10-8-15)23-18(26)22(19-20-23)14-21(4-2)17-11-12-27(24,25)13-17/h7-10,17H,3-6,11-14H2,1-2H3/p+1/t17-/m0/s1. The van der Waals surface area contributed by atoms with Gasteiger partial charge in [0.2, 0.25) is 4.77 Å². The smallest absolute Gasteiger partial charge is 0.225 e. The third-order valence-corrected chi connectivity index (χ3v) is 7.41. The Hall–Kier alpha value is -1.58. The fourth-order valence-electron chi connectivity index (χ4n) is 3.56. The van der Waals surface area contributed by atoms with Crippen molar-refractivity contribution in [1.82, 2.24) is 19.8 Å². The van der Waals surface area contributed by atoms with Crippen LogP contribution in [0.15, 0.2) is 24.3 Å². The molecule has 1 N–H and O–H groups in total. The predicted molar refractivity (Wildman–Crippen MR) is 107 cm³/mol. The van der Waals surface area contributed by atoms with Gasteiger partial charge in [-0.05, 0) is 60.1 Å². The van der Waals surface area contributed by atoms with E-state index in [2.05, 4.69) is 36.4 Å². The number of rotatable bonds is 8. The van der Waals surface area contributed by atoms with E-state index in [1.165, 1.54) is 23.3 Å². The van der Waals surface area contributed by atoms with Gasteiger partial charge in [0.25, 0.3) is 0 Å². The summed E-state index contributed by atoms with van der Waals surface area (Å²) in [6, 6.07) is 8.36. The van der Waals surface area contributed by atoms with E-state index in [9.17, 15) is 8.42 Å². The van der Waals surface area contributed by atoms with Gasteiger partial charge in [0.1, 0.15) is 11.8 Å². The maximum atomic E-state index is 11.8. The number of unbranched alkanes of at least 4 members (excludes halogenated alkanes) is 1. The second-order valence-electron chi connectivity index (χ2n) is 7.21. The van der Waals surface area contributed by atoms with Crippen LogP contribution in [0.1, 0.15) is 38.7 Å². The molecule has 2 aromatic rings. The Bertz CT molecular complexity index is 918. The van der Waals surface area contributed by atoms with E-state index in [4.69, 9.17) is 12.2 Å². The van der Waals surface area contributed by atoms with Gasteiger partial charge in [0.15, 0.2) is 16.5 Å². The molecule has 7 nitrogen and oxygen atoms in total. The third kappa shape index (κ3) is 4.83. The molecule has 0 saturated carbocycles. The maximum absolute atomic E-state index is 11.8. The summed E-state index contributed by atoms with van der Waals surface area (Å²) < 4.78 is 27.5. The number of tetrazole rings is 1. The van der Waals surface area contributed by atoms with Crippen molar-refractivity contribution in [2.45, 2.75) is 52.2 Å². The SMILES string of the molecule is CCCCc1ccc(-n2nnn(C[NH+](CC)[C@H]3CCS(=O)(=O)C3)c2=S)cc1. The second kappa shape index (κ2) is 8.62. The Morgan fingerprint density at radius 3 is 2.56 bits per heavy atom. The van der Waals surface area contributed by atoms with Gasteiger partial charge in [-0.15, -0.1) is 0 Å². The normalized spacial score (nSPS) is 20.0. The van der Waals surface area contributed by atoms with Crippen molar-refractivity contribution in [2.24, 2.45) is 0 Å². The summed E-state index contributed by atoms with van der Waals surface area (Å²) in [6.45, 7) is 5.60. The first-order valence-corrected chi connectivity index (χ1v) is 11.8. The van der Waals surface area contributed by atoms with Gasteiger partial charge in [-0.1, -0.05) is 25.5 Å². The zero-order valence-corrected chi connectivity index (χ0v) is 17.6. The van der Waals surface area contributed by atoms with Crippen LogP contribution >= 0.6 is 12.2 Å². The number of aryl methyl sites for hydroxylation is 1. The average molecular weight is 411 g/mol. The van der Waals surface area contributed by atoms with Crippen molar-refractivity contribution in [3.63, 3.8) is 0 Å². The molecule has 2 heterocycles. The van der Waals surface area contributed by atoms with E-state index >= 15 is 0 Å². The molecule has 148 valence electrons. The minimum absolute atomic E-state index is 0.102. The van der Waals surface area contributed by atoms with Crippen LogP contribution in [-0.2, 0) is 22.9 Å². The fraction of sp³-hybridized carbons (Fsp3) is 0.611. The summed E-state index contributed by atoms with van der Waals surface area (Å²) in [5.74, 6) is 0.528. The fourth-order valence-corrected chi connectivity index (χ4v) is 5.63. The van der Waals surface area contributed by atoms with Gasteiger partial charge in [-0.2, -0.15) is 9.36 Å². The van der Waals surface area contributed by atoms with E-state index < -0.39 is 9.84 Å². The highest BCUT2D eigenvalue weighted by atomic mass is 32.2. The monoisotopic (exact) mass is 410 g/mol.